The van der Waals surface area contributed by atoms with Crippen LogP contribution in [0, 0.1) is 17.8 Å². The van der Waals surface area contributed by atoms with Gasteiger partial charge in [0.25, 0.3) is 0 Å². The zero-order chi connectivity index (χ0) is 19.2. The summed E-state index contributed by atoms with van der Waals surface area (Å²) in [5.74, 6) is 3.86. The largest absolute Gasteiger partial charge is 0.491 e. The van der Waals surface area contributed by atoms with E-state index in [-0.39, 0.29) is 6.10 Å². The fourth-order valence-corrected chi connectivity index (χ4v) is 7.58. The minimum absolute atomic E-state index is 0.383. The van der Waals surface area contributed by atoms with Crippen molar-refractivity contribution in [2.75, 3.05) is 33.3 Å². The number of likely N-dealkylation sites (tertiary alicyclic amines) is 1. The molecule has 1 saturated heterocycles. The van der Waals surface area contributed by atoms with Crippen LogP contribution in [0.2, 0.25) is 0 Å². The molecule has 4 bridgehead atoms. The molecule has 0 radical (unpaired) electrons. The highest BCUT2D eigenvalue weighted by Gasteiger charge is 2.51. The lowest BCUT2D eigenvalue weighted by Crippen LogP contribution is -2.52. The summed E-state index contributed by atoms with van der Waals surface area (Å²) in [6.07, 6.45) is 12.3. The first-order valence-electron chi connectivity index (χ1n) is 11.8. The molecule has 6 rings (SSSR count). The summed E-state index contributed by atoms with van der Waals surface area (Å²) >= 11 is 0. The molecule has 1 atom stereocenters. The minimum Gasteiger partial charge on any atom is -0.491 e. The van der Waals surface area contributed by atoms with Crippen molar-refractivity contribution in [3.63, 3.8) is 0 Å². The molecule has 154 valence electrons. The Labute approximate surface area is 170 Å². The van der Waals surface area contributed by atoms with E-state index in [0.29, 0.717) is 12.0 Å². The lowest BCUT2D eigenvalue weighted by atomic mass is 9.48. The highest BCUT2D eigenvalue weighted by atomic mass is 16.5. The van der Waals surface area contributed by atoms with Crippen molar-refractivity contribution >= 4 is 0 Å². The van der Waals surface area contributed by atoms with Gasteiger partial charge in [0.1, 0.15) is 25.0 Å². The lowest BCUT2D eigenvalue weighted by molar-refractivity contribution is -0.916. The number of nitrogens with zero attached hydrogens (tertiary/aromatic N) is 1. The van der Waals surface area contributed by atoms with Gasteiger partial charge in [0, 0.05) is 0 Å². The first-order valence-corrected chi connectivity index (χ1v) is 11.8. The van der Waals surface area contributed by atoms with Gasteiger partial charge in [0.05, 0.1) is 20.1 Å². The second kappa shape index (κ2) is 7.32. The highest BCUT2D eigenvalue weighted by molar-refractivity contribution is 5.34. The summed E-state index contributed by atoms with van der Waals surface area (Å²) in [6, 6.07) is 8.95. The number of aliphatic hydroxyl groups excluding tert-OH is 1. The molecule has 3 nitrogen and oxygen atoms in total. The normalized spacial score (nSPS) is 37.0. The number of hydrogen-bond donors (Lipinski definition) is 1. The van der Waals surface area contributed by atoms with Gasteiger partial charge in [-0.15, -0.1) is 0 Å². The first kappa shape index (κ1) is 18.9. The second-order valence-corrected chi connectivity index (χ2v) is 11.0. The summed E-state index contributed by atoms with van der Waals surface area (Å²) in [5, 5.41) is 10.5. The number of aliphatic hydroxyl groups is 1. The van der Waals surface area contributed by atoms with Crippen LogP contribution in [0.3, 0.4) is 0 Å². The van der Waals surface area contributed by atoms with Gasteiger partial charge in [-0.05, 0) is 98.7 Å². The third kappa shape index (κ3) is 3.73. The van der Waals surface area contributed by atoms with Crippen LogP contribution in [0.1, 0.15) is 63.4 Å². The van der Waals surface area contributed by atoms with Crippen molar-refractivity contribution < 1.29 is 14.3 Å². The molecular formula is C25H38NO2+. The molecule has 0 spiro atoms. The molecule has 0 amide bonds. The zero-order valence-electron chi connectivity index (χ0n) is 17.6. The van der Waals surface area contributed by atoms with Gasteiger partial charge in [0.15, 0.2) is 0 Å². The molecule has 4 aliphatic carbocycles. The maximum absolute atomic E-state index is 10.5. The number of rotatable bonds is 6. The molecule has 0 unspecified atom stereocenters. The first-order chi connectivity index (χ1) is 13.5. The monoisotopic (exact) mass is 384 g/mol. The van der Waals surface area contributed by atoms with Crippen LogP contribution in [-0.2, 0) is 5.41 Å². The van der Waals surface area contributed by atoms with Crippen LogP contribution >= 0.6 is 0 Å². The Morgan fingerprint density at radius 1 is 0.964 bits per heavy atom. The Morgan fingerprint density at radius 2 is 1.54 bits per heavy atom. The van der Waals surface area contributed by atoms with Gasteiger partial charge in [-0.2, -0.15) is 0 Å². The Bertz CT molecular complexity index is 641. The van der Waals surface area contributed by atoms with E-state index in [2.05, 4.69) is 31.3 Å². The molecule has 1 heterocycles. The molecule has 5 aliphatic rings. The van der Waals surface area contributed by atoms with Gasteiger partial charge in [-0.3, -0.25) is 0 Å². The van der Waals surface area contributed by atoms with Gasteiger partial charge >= 0.3 is 0 Å². The summed E-state index contributed by atoms with van der Waals surface area (Å²) in [4.78, 5) is 0. The molecule has 4 saturated carbocycles. The van der Waals surface area contributed by atoms with E-state index in [9.17, 15) is 5.11 Å². The number of likely N-dealkylation sites (N-methyl/N-ethyl adjacent to an activating group) is 1. The van der Waals surface area contributed by atoms with Gasteiger partial charge < -0.3 is 14.3 Å². The van der Waals surface area contributed by atoms with E-state index in [1.807, 2.05) is 0 Å². The van der Waals surface area contributed by atoms with Crippen molar-refractivity contribution in [2.24, 2.45) is 17.8 Å². The Morgan fingerprint density at radius 3 is 2.11 bits per heavy atom. The van der Waals surface area contributed by atoms with E-state index in [4.69, 9.17) is 4.74 Å². The van der Waals surface area contributed by atoms with Crippen molar-refractivity contribution in [3.8, 4) is 5.75 Å². The quantitative estimate of drug-likeness (QED) is 0.731. The number of benzene rings is 1. The van der Waals surface area contributed by atoms with Crippen molar-refractivity contribution in [2.45, 2.75) is 69.3 Å². The number of ether oxygens (including phenoxy) is 1. The van der Waals surface area contributed by atoms with Gasteiger partial charge in [0.2, 0.25) is 0 Å². The molecule has 0 aromatic heterocycles. The van der Waals surface area contributed by atoms with Crippen molar-refractivity contribution in [1.82, 2.24) is 0 Å². The van der Waals surface area contributed by atoms with E-state index in [0.717, 1.165) is 34.5 Å². The number of hydrogen-bond acceptors (Lipinski definition) is 2. The van der Waals surface area contributed by atoms with Crippen LogP contribution in [0.15, 0.2) is 24.3 Å². The van der Waals surface area contributed by atoms with Crippen LogP contribution in [-0.4, -0.2) is 49.0 Å². The van der Waals surface area contributed by atoms with Gasteiger partial charge in [-0.25, -0.2) is 0 Å². The van der Waals surface area contributed by atoms with Crippen molar-refractivity contribution in [3.05, 3.63) is 29.8 Å². The fraction of sp³-hybridized carbons (Fsp3) is 0.760. The number of quaternary nitrogens is 1. The number of piperidine rings is 1. The van der Waals surface area contributed by atoms with Crippen LogP contribution < -0.4 is 4.74 Å². The van der Waals surface area contributed by atoms with Crippen molar-refractivity contribution in [1.29, 1.82) is 0 Å². The Hall–Kier alpha value is -1.06. The average Bonchev–Trinajstić information content (AvgIpc) is 2.66. The molecule has 28 heavy (non-hydrogen) atoms. The van der Waals surface area contributed by atoms with E-state index in [1.165, 1.54) is 70.9 Å². The molecule has 1 aliphatic heterocycles. The predicted molar refractivity (Wildman–Crippen MR) is 112 cm³/mol. The minimum atomic E-state index is -0.383. The van der Waals surface area contributed by atoms with Crippen LogP contribution in [0.25, 0.3) is 0 Å². The Kier molecular flexibility index (Phi) is 4.95. The van der Waals surface area contributed by atoms with Crippen LogP contribution in [0.4, 0.5) is 0 Å². The maximum Gasteiger partial charge on any atom is 0.137 e. The standard InChI is InChI=1S/C25H38NO2/c1-26(9-3-2-4-10-26)17-23(27)18-28-24-7-5-22(6-8-24)25-14-19-11-20(15-25)13-21(12-19)16-25/h5-8,19-21,23,27H,2-4,9-18H2,1H3/q+1/t19?,20?,21?,23-,25?/m0/s1. The average molecular weight is 385 g/mol. The molecule has 3 heteroatoms. The second-order valence-electron chi connectivity index (χ2n) is 11.0. The molecule has 1 aromatic carbocycles. The van der Waals surface area contributed by atoms with Gasteiger partial charge in [-0.1, -0.05) is 12.1 Å². The predicted octanol–water partition coefficient (Wildman–Crippen LogP) is 4.52. The third-order valence-electron chi connectivity index (χ3n) is 8.49. The smallest absolute Gasteiger partial charge is 0.137 e. The van der Waals surface area contributed by atoms with E-state index >= 15 is 0 Å². The molecular weight excluding hydrogens is 346 g/mol. The Balaban J connectivity index is 1.18. The highest BCUT2D eigenvalue weighted by Crippen LogP contribution is 2.60. The summed E-state index contributed by atoms with van der Waals surface area (Å²) in [6.45, 7) is 3.60. The topological polar surface area (TPSA) is 29.5 Å². The van der Waals surface area contributed by atoms with E-state index < -0.39 is 0 Å². The SMILES string of the molecule is C[N+]1(C[C@H](O)COc2ccc(C34CC5CC(CC(C5)C3)C4)cc2)CCCCC1. The summed E-state index contributed by atoms with van der Waals surface area (Å²) in [5.41, 5.74) is 2.01. The zero-order valence-corrected chi connectivity index (χ0v) is 17.6. The van der Waals surface area contributed by atoms with E-state index in [1.54, 1.807) is 5.56 Å². The fourth-order valence-electron chi connectivity index (χ4n) is 7.58. The molecule has 1 N–H and O–H groups in total. The third-order valence-corrected chi connectivity index (χ3v) is 8.49. The molecule has 5 fully saturated rings. The summed E-state index contributed by atoms with van der Waals surface area (Å²) in [7, 11) is 2.28. The summed E-state index contributed by atoms with van der Waals surface area (Å²) < 4.78 is 6.96. The maximum atomic E-state index is 10.5. The molecule has 1 aromatic rings. The van der Waals surface area contributed by atoms with Crippen LogP contribution in [0.5, 0.6) is 5.75 Å². The lowest BCUT2D eigenvalue weighted by Gasteiger charge is -2.57.